The molecule has 1 atom stereocenters. The van der Waals surface area contributed by atoms with Gasteiger partial charge in [-0.25, -0.2) is 0 Å². The topological polar surface area (TPSA) is 63.8 Å². The Morgan fingerprint density at radius 3 is 2.26 bits per heavy atom. The van der Waals surface area contributed by atoms with Gasteiger partial charge < -0.3 is 14.3 Å². The van der Waals surface area contributed by atoms with E-state index in [9.17, 15) is 5.26 Å². The molecule has 5 nitrogen and oxygen atoms in total. The van der Waals surface area contributed by atoms with E-state index in [-0.39, 0.29) is 0 Å². The Morgan fingerprint density at radius 2 is 1.70 bits per heavy atom. The van der Waals surface area contributed by atoms with Gasteiger partial charge in [-0.05, 0) is 17.7 Å². The van der Waals surface area contributed by atoms with E-state index in [2.05, 4.69) is 11.2 Å². The molecule has 0 saturated carbocycles. The van der Waals surface area contributed by atoms with Crippen molar-refractivity contribution in [3.8, 4) is 17.6 Å². The second kappa shape index (κ2) is 7.85. The van der Waals surface area contributed by atoms with Crippen molar-refractivity contribution in [1.82, 2.24) is 0 Å². The molecule has 0 radical (unpaired) electrons. The van der Waals surface area contributed by atoms with Gasteiger partial charge in [0, 0.05) is 5.56 Å². The van der Waals surface area contributed by atoms with E-state index in [0.717, 1.165) is 11.1 Å². The maximum atomic E-state index is 9.67. The standard InChI is InChI=1S/C18H18N2O3/c1-21-16-10-9-14(11-17(16)22-2)15(12-19)18(20-23-3)13-7-5-4-6-8-13/h4-11,15H,1-3H3. The van der Waals surface area contributed by atoms with Crippen LogP contribution < -0.4 is 9.47 Å². The van der Waals surface area contributed by atoms with Crippen molar-refractivity contribution < 1.29 is 14.3 Å². The Labute approximate surface area is 135 Å². The molecule has 2 aromatic carbocycles. The molecule has 0 heterocycles. The van der Waals surface area contributed by atoms with Crippen molar-refractivity contribution in [3.05, 3.63) is 59.7 Å². The summed E-state index contributed by atoms with van der Waals surface area (Å²) in [6, 6.07) is 17.1. The number of oxime groups is 1. The van der Waals surface area contributed by atoms with Gasteiger partial charge in [-0.3, -0.25) is 0 Å². The van der Waals surface area contributed by atoms with E-state index in [4.69, 9.17) is 14.3 Å². The van der Waals surface area contributed by atoms with Crippen LogP contribution in [-0.4, -0.2) is 27.0 Å². The summed E-state index contributed by atoms with van der Waals surface area (Å²) < 4.78 is 10.5. The van der Waals surface area contributed by atoms with Crippen LogP contribution in [0.4, 0.5) is 0 Å². The first-order valence-electron chi connectivity index (χ1n) is 7.03. The first-order chi connectivity index (χ1) is 11.2. The summed E-state index contributed by atoms with van der Waals surface area (Å²) in [4.78, 5) is 4.95. The lowest BCUT2D eigenvalue weighted by Gasteiger charge is -2.15. The average molecular weight is 310 g/mol. The molecular weight excluding hydrogens is 292 g/mol. The molecular formula is C18H18N2O3. The number of hydrogen-bond donors (Lipinski definition) is 0. The smallest absolute Gasteiger partial charge is 0.161 e. The van der Waals surface area contributed by atoms with Gasteiger partial charge in [0.1, 0.15) is 18.7 Å². The van der Waals surface area contributed by atoms with Crippen molar-refractivity contribution in [2.45, 2.75) is 5.92 Å². The van der Waals surface area contributed by atoms with Crippen LogP contribution in [0.15, 0.2) is 53.7 Å². The summed E-state index contributed by atoms with van der Waals surface area (Å²) in [7, 11) is 4.59. The fourth-order valence-electron chi connectivity index (χ4n) is 2.31. The van der Waals surface area contributed by atoms with Crippen molar-refractivity contribution >= 4 is 5.71 Å². The van der Waals surface area contributed by atoms with Crippen LogP contribution in [0.2, 0.25) is 0 Å². The average Bonchev–Trinajstić information content (AvgIpc) is 2.62. The van der Waals surface area contributed by atoms with Crippen LogP contribution in [0, 0.1) is 11.3 Å². The maximum Gasteiger partial charge on any atom is 0.161 e. The predicted octanol–water partition coefficient (Wildman–Crippen LogP) is 3.36. The summed E-state index contributed by atoms with van der Waals surface area (Å²) in [6.45, 7) is 0. The molecule has 0 fully saturated rings. The van der Waals surface area contributed by atoms with Gasteiger partial charge in [-0.1, -0.05) is 41.6 Å². The zero-order valence-electron chi connectivity index (χ0n) is 13.3. The molecule has 0 aliphatic heterocycles. The molecule has 2 rings (SSSR count). The molecule has 0 spiro atoms. The van der Waals surface area contributed by atoms with E-state index in [1.54, 1.807) is 26.4 Å². The molecule has 0 aliphatic carbocycles. The van der Waals surface area contributed by atoms with E-state index >= 15 is 0 Å². The van der Waals surface area contributed by atoms with Crippen LogP contribution in [-0.2, 0) is 4.84 Å². The highest BCUT2D eigenvalue weighted by Crippen LogP contribution is 2.32. The Morgan fingerprint density at radius 1 is 1.00 bits per heavy atom. The van der Waals surface area contributed by atoms with Crippen LogP contribution in [0.5, 0.6) is 11.5 Å². The number of benzene rings is 2. The van der Waals surface area contributed by atoms with Crippen LogP contribution in [0.25, 0.3) is 0 Å². The Bertz CT molecular complexity index is 721. The molecule has 2 aromatic rings. The highest BCUT2D eigenvalue weighted by atomic mass is 16.6. The molecule has 0 N–H and O–H groups in total. The van der Waals surface area contributed by atoms with Crippen LogP contribution >= 0.6 is 0 Å². The lowest BCUT2D eigenvalue weighted by molar-refractivity contribution is 0.212. The number of nitrogens with zero attached hydrogens (tertiary/aromatic N) is 2. The fourth-order valence-corrected chi connectivity index (χ4v) is 2.31. The van der Waals surface area contributed by atoms with E-state index in [0.29, 0.717) is 17.2 Å². The maximum absolute atomic E-state index is 9.67. The normalized spacial score (nSPS) is 12.2. The van der Waals surface area contributed by atoms with E-state index < -0.39 is 5.92 Å². The zero-order chi connectivity index (χ0) is 16.7. The first kappa shape index (κ1) is 16.4. The number of nitriles is 1. The highest BCUT2D eigenvalue weighted by Gasteiger charge is 2.22. The second-order valence-corrected chi connectivity index (χ2v) is 4.70. The molecule has 5 heteroatoms. The van der Waals surface area contributed by atoms with Gasteiger partial charge in [0.05, 0.1) is 20.3 Å². The Kier molecular flexibility index (Phi) is 5.59. The summed E-state index contributed by atoms with van der Waals surface area (Å²) in [5.74, 6) is 0.588. The summed E-state index contributed by atoms with van der Waals surface area (Å²) in [5.41, 5.74) is 2.13. The van der Waals surface area contributed by atoms with Gasteiger partial charge in [-0.15, -0.1) is 0 Å². The van der Waals surface area contributed by atoms with Crippen molar-refractivity contribution in [2.75, 3.05) is 21.3 Å². The fraction of sp³-hybridized carbons (Fsp3) is 0.222. The lowest BCUT2D eigenvalue weighted by atomic mass is 9.91. The van der Waals surface area contributed by atoms with E-state index in [1.807, 2.05) is 36.4 Å². The minimum absolute atomic E-state index is 0.544. The Hall–Kier alpha value is -3.00. The minimum Gasteiger partial charge on any atom is -0.493 e. The minimum atomic E-state index is -0.586. The van der Waals surface area contributed by atoms with Gasteiger partial charge in [0.25, 0.3) is 0 Å². The molecule has 23 heavy (non-hydrogen) atoms. The van der Waals surface area contributed by atoms with Crippen molar-refractivity contribution in [1.29, 1.82) is 5.26 Å². The van der Waals surface area contributed by atoms with Crippen LogP contribution in [0.1, 0.15) is 17.0 Å². The van der Waals surface area contributed by atoms with Crippen molar-refractivity contribution in [2.24, 2.45) is 5.16 Å². The first-order valence-corrected chi connectivity index (χ1v) is 7.03. The number of ether oxygens (including phenoxy) is 2. The molecule has 0 bridgehead atoms. The highest BCUT2D eigenvalue weighted by molar-refractivity contribution is 6.06. The largest absolute Gasteiger partial charge is 0.493 e. The van der Waals surface area contributed by atoms with Gasteiger partial charge in [0.2, 0.25) is 0 Å². The number of hydrogen-bond acceptors (Lipinski definition) is 5. The second-order valence-electron chi connectivity index (χ2n) is 4.70. The molecule has 0 amide bonds. The summed E-state index contributed by atoms with van der Waals surface area (Å²) >= 11 is 0. The molecule has 118 valence electrons. The third-order valence-electron chi connectivity index (χ3n) is 3.40. The third kappa shape index (κ3) is 3.61. The van der Waals surface area contributed by atoms with Crippen molar-refractivity contribution in [3.63, 3.8) is 0 Å². The predicted molar refractivity (Wildman–Crippen MR) is 87.9 cm³/mol. The van der Waals surface area contributed by atoms with Gasteiger partial charge in [0.15, 0.2) is 11.5 Å². The number of rotatable bonds is 6. The zero-order valence-corrected chi connectivity index (χ0v) is 13.3. The third-order valence-corrected chi connectivity index (χ3v) is 3.40. The molecule has 0 aliphatic rings. The molecule has 0 aromatic heterocycles. The van der Waals surface area contributed by atoms with Gasteiger partial charge in [-0.2, -0.15) is 5.26 Å². The summed E-state index contributed by atoms with van der Waals surface area (Å²) in [6.07, 6.45) is 0. The van der Waals surface area contributed by atoms with Gasteiger partial charge >= 0.3 is 0 Å². The molecule has 1 unspecified atom stereocenters. The monoisotopic (exact) mass is 310 g/mol. The van der Waals surface area contributed by atoms with Crippen LogP contribution in [0.3, 0.4) is 0 Å². The SMILES string of the molecule is CON=C(c1ccccc1)C(C#N)c1ccc(OC)c(OC)c1. The number of methoxy groups -OCH3 is 2. The summed E-state index contributed by atoms with van der Waals surface area (Å²) in [5, 5.41) is 13.7. The Balaban J connectivity index is 2.49. The quantitative estimate of drug-likeness (QED) is 0.606. The van der Waals surface area contributed by atoms with E-state index in [1.165, 1.54) is 7.11 Å². The molecule has 0 saturated heterocycles. The lowest BCUT2D eigenvalue weighted by Crippen LogP contribution is -2.13.